The van der Waals surface area contributed by atoms with Gasteiger partial charge in [-0.05, 0) is 6.92 Å². The van der Waals surface area contributed by atoms with E-state index in [-0.39, 0.29) is 24.1 Å². The summed E-state index contributed by atoms with van der Waals surface area (Å²) in [5, 5.41) is 7.37. The largest absolute Gasteiger partial charge is 0.358 e. The molecule has 3 amide bonds. The summed E-state index contributed by atoms with van der Waals surface area (Å²) in [6.45, 7) is 1.63. The van der Waals surface area contributed by atoms with Crippen molar-refractivity contribution in [3.8, 4) is 0 Å². The summed E-state index contributed by atoms with van der Waals surface area (Å²) >= 11 is 0. The Bertz CT molecular complexity index is 277. The number of imide groups is 1. The minimum Gasteiger partial charge on any atom is -0.358 e. The minimum atomic E-state index is -0.588. The lowest BCUT2D eigenvalue weighted by Gasteiger charge is -2.15. The van der Waals surface area contributed by atoms with Crippen molar-refractivity contribution < 1.29 is 14.4 Å². The van der Waals surface area contributed by atoms with Gasteiger partial charge in [-0.2, -0.15) is 0 Å². The highest BCUT2D eigenvalue weighted by Crippen LogP contribution is 2.02. The Morgan fingerprint density at radius 1 is 1.57 bits per heavy atom. The third-order valence-electron chi connectivity index (χ3n) is 2.06. The molecule has 1 fully saturated rings. The second-order valence-electron chi connectivity index (χ2n) is 3.17. The highest BCUT2D eigenvalue weighted by atomic mass is 16.2. The van der Waals surface area contributed by atoms with E-state index in [2.05, 4.69) is 16.0 Å². The van der Waals surface area contributed by atoms with Crippen LogP contribution in [0.25, 0.3) is 0 Å². The van der Waals surface area contributed by atoms with Gasteiger partial charge in [0.2, 0.25) is 17.7 Å². The van der Waals surface area contributed by atoms with Gasteiger partial charge in [-0.1, -0.05) is 0 Å². The zero-order valence-corrected chi connectivity index (χ0v) is 8.09. The molecule has 1 aliphatic heterocycles. The Labute approximate surface area is 81.4 Å². The summed E-state index contributed by atoms with van der Waals surface area (Å²) in [7, 11) is 1.51. The predicted octanol–water partition coefficient (Wildman–Crippen LogP) is -1.87. The fourth-order valence-corrected chi connectivity index (χ4v) is 1.28. The second-order valence-corrected chi connectivity index (χ2v) is 3.17. The second kappa shape index (κ2) is 4.19. The lowest BCUT2D eigenvalue weighted by Crippen LogP contribution is -2.48. The van der Waals surface area contributed by atoms with Crippen LogP contribution in [0.5, 0.6) is 0 Å². The summed E-state index contributed by atoms with van der Waals surface area (Å²) in [5.41, 5.74) is 0. The maximum atomic E-state index is 11.1. The molecule has 0 saturated carbocycles. The molecule has 0 aromatic heterocycles. The number of amides is 3. The summed E-state index contributed by atoms with van der Waals surface area (Å²) in [4.78, 5) is 33.0. The fourth-order valence-electron chi connectivity index (χ4n) is 1.28. The van der Waals surface area contributed by atoms with E-state index < -0.39 is 12.1 Å². The van der Waals surface area contributed by atoms with Crippen LogP contribution in [-0.2, 0) is 14.4 Å². The van der Waals surface area contributed by atoms with E-state index in [9.17, 15) is 14.4 Å². The number of carbonyl (C=O) groups is 3. The van der Waals surface area contributed by atoms with Crippen LogP contribution in [0.3, 0.4) is 0 Å². The molecule has 14 heavy (non-hydrogen) atoms. The average Bonchev–Trinajstić information content (AvgIpc) is 2.44. The van der Waals surface area contributed by atoms with Crippen molar-refractivity contribution >= 4 is 17.7 Å². The fraction of sp³-hybridized carbons (Fsp3) is 0.625. The molecular formula is C8H13N3O3. The highest BCUT2D eigenvalue weighted by Gasteiger charge is 2.32. The molecule has 78 valence electrons. The van der Waals surface area contributed by atoms with Crippen LogP contribution in [0.15, 0.2) is 0 Å². The van der Waals surface area contributed by atoms with Crippen molar-refractivity contribution in [3.63, 3.8) is 0 Å². The van der Waals surface area contributed by atoms with E-state index in [1.54, 1.807) is 6.92 Å². The molecule has 1 aliphatic rings. The van der Waals surface area contributed by atoms with Crippen molar-refractivity contribution in [1.29, 1.82) is 0 Å². The van der Waals surface area contributed by atoms with Crippen LogP contribution < -0.4 is 16.0 Å². The molecule has 0 radical (unpaired) electrons. The van der Waals surface area contributed by atoms with Crippen molar-refractivity contribution in [2.24, 2.45) is 0 Å². The number of hydrogen-bond acceptors (Lipinski definition) is 4. The Balaban J connectivity index is 2.48. The molecule has 3 N–H and O–H groups in total. The molecule has 0 aromatic rings. The molecule has 0 spiro atoms. The molecule has 0 aromatic carbocycles. The molecule has 1 heterocycles. The van der Waals surface area contributed by atoms with Gasteiger partial charge in [-0.25, -0.2) is 0 Å². The highest BCUT2D eigenvalue weighted by molar-refractivity contribution is 6.05. The maximum Gasteiger partial charge on any atom is 0.244 e. The number of rotatable bonds is 3. The molecule has 2 atom stereocenters. The molecule has 2 unspecified atom stereocenters. The predicted molar refractivity (Wildman–Crippen MR) is 48.2 cm³/mol. The van der Waals surface area contributed by atoms with E-state index in [1.807, 2.05) is 0 Å². The maximum absolute atomic E-state index is 11.1. The standard InChI is InChI=1S/C8H13N3O3/c1-4(7(13)9-2)10-5-3-6(12)11-8(5)14/h4-5,10H,3H2,1-2H3,(H,9,13)(H,11,12,14). The van der Waals surface area contributed by atoms with Gasteiger partial charge >= 0.3 is 0 Å². The summed E-state index contributed by atoms with van der Waals surface area (Å²) in [6.07, 6.45) is 0.0974. The Morgan fingerprint density at radius 3 is 2.64 bits per heavy atom. The van der Waals surface area contributed by atoms with Gasteiger partial charge in [-0.3, -0.25) is 25.0 Å². The van der Waals surface area contributed by atoms with Gasteiger partial charge < -0.3 is 5.32 Å². The number of hydrogen-bond donors (Lipinski definition) is 3. The normalized spacial score (nSPS) is 23.1. The smallest absolute Gasteiger partial charge is 0.244 e. The van der Waals surface area contributed by atoms with E-state index in [1.165, 1.54) is 7.05 Å². The van der Waals surface area contributed by atoms with E-state index in [0.29, 0.717) is 0 Å². The molecule has 6 nitrogen and oxygen atoms in total. The van der Waals surface area contributed by atoms with Gasteiger partial charge in [0.15, 0.2) is 0 Å². The summed E-state index contributed by atoms with van der Waals surface area (Å²) < 4.78 is 0. The van der Waals surface area contributed by atoms with Gasteiger partial charge in [0.05, 0.1) is 18.5 Å². The van der Waals surface area contributed by atoms with Crippen LogP contribution in [0.1, 0.15) is 13.3 Å². The minimum absolute atomic E-state index is 0.0974. The lowest BCUT2D eigenvalue weighted by atomic mass is 10.2. The zero-order valence-electron chi connectivity index (χ0n) is 8.09. The van der Waals surface area contributed by atoms with Crippen LogP contribution in [0, 0.1) is 0 Å². The van der Waals surface area contributed by atoms with Crippen molar-refractivity contribution in [2.45, 2.75) is 25.4 Å². The van der Waals surface area contributed by atoms with E-state index in [0.717, 1.165) is 0 Å². The van der Waals surface area contributed by atoms with Crippen molar-refractivity contribution in [3.05, 3.63) is 0 Å². The van der Waals surface area contributed by atoms with Crippen LogP contribution in [0.2, 0.25) is 0 Å². The van der Waals surface area contributed by atoms with Gasteiger partial charge in [0.1, 0.15) is 0 Å². The van der Waals surface area contributed by atoms with Gasteiger partial charge in [0.25, 0.3) is 0 Å². The Morgan fingerprint density at radius 2 is 2.21 bits per heavy atom. The first kappa shape index (κ1) is 10.6. The van der Waals surface area contributed by atoms with Crippen LogP contribution in [-0.4, -0.2) is 36.9 Å². The first-order chi connectivity index (χ1) is 6.54. The Kier molecular flexibility index (Phi) is 3.19. The van der Waals surface area contributed by atoms with E-state index in [4.69, 9.17) is 0 Å². The van der Waals surface area contributed by atoms with Crippen molar-refractivity contribution in [1.82, 2.24) is 16.0 Å². The Hall–Kier alpha value is -1.43. The molecule has 1 saturated heterocycles. The quantitative estimate of drug-likeness (QED) is 0.464. The molecule has 0 bridgehead atoms. The van der Waals surface area contributed by atoms with Crippen LogP contribution in [0.4, 0.5) is 0 Å². The number of likely N-dealkylation sites (N-methyl/N-ethyl adjacent to an activating group) is 1. The monoisotopic (exact) mass is 199 g/mol. The van der Waals surface area contributed by atoms with Gasteiger partial charge in [0, 0.05) is 7.05 Å². The molecule has 0 aliphatic carbocycles. The molecule has 6 heteroatoms. The lowest BCUT2D eigenvalue weighted by molar-refractivity contribution is -0.125. The van der Waals surface area contributed by atoms with Gasteiger partial charge in [-0.15, -0.1) is 0 Å². The average molecular weight is 199 g/mol. The first-order valence-corrected chi connectivity index (χ1v) is 4.36. The third kappa shape index (κ3) is 2.29. The first-order valence-electron chi connectivity index (χ1n) is 4.36. The zero-order chi connectivity index (χ0) is 10.7. The van der Waals surface area contributed by atoms with Crippen molar-refractivity contribution in [2.75, 3.05) is 7.05 Å². The molecule has 1 rings (SSSR count). The number of nitrogens with one attached hydrogen (secondary N) is 3. The van der Waals surface area contributed by atoms with Crippen LogP contribution >= 0.6 is 0 Å². The topological polar surface area (TPSA) is 87.3 Å². The van der Waals surface area contributed by atoms with E-state index >= 15 is 0 Å². The summed E-state index contributed by atoms with van der Waals surface area (Å²) in [5.74, 6) is -0.889. The number of carbonyl (C=O) groups excluding carboxylic acids is 3. The summed E-state index contributed by atoms with van der Waals surface area (Å²) in [6, 6.07) is -1.07. The third-order valence-corrected chi connectivity index (χ3v) is 2.06. The SMILES string of the molecule is CNC(=O)C(C)NC1CC(=O)NC1=O. The molecular weight excluding hydrogens is 186 g/mol.